The number of methoxy groups -OCH3 is 1. The number of rotatable bonds is 4. The van der Waals surface area contributed by atoms with Crippen molar-refractivity contribution < 1.29 is 19.1 Å². The molecule has 0 saturated carbocycles. The Labute approximate surface area is 113 Å². The molecule has 2 aliphatic rings. The van der Waals surface area contributed by atoms with Gasteiger partial charge < -0.3 is 19.7 Å². The molecule has 1 N–H and O–H groups in total. The van der Waals surface area contributed by atoms with Crippen LogP contribution in [0.15, 0.2) is 0 Å². The lowest BCUT2D eigenvalue weighted by molar-refractivity contribution is -0.137. The van der Waals surface area contributed by atoms with E-state index in [1.54, 1.807) is 12.0 Å². The lowest BCUT2D eigenvalue weighted by atomic mass is 10.0. The smallest absolute Gasteiger partial charge is 0.245 e. The van der Waals surface area contributed by atoms with Crippen molar-refractivity contribution in [1.82, 2.24) is 10.2 Å². The van der Waals surface area contributed by atoms with Crippen LogP contribution in [0.3, 0.4) is 0 Å². The first kappa shape index (κ1) is 14.3. The predicted octanol–water partition coefficient (Wildman–Crippen LogP) is -0.0810. The van der Waals surface area contributed by atoms with Crippen LogP contribution in [0.1, 0.15) is 26.2 Å². The molecule has 2 atom stereocenters. The maximum absolute atomic E-state index is 12.4. The SMILES string of the molecule is CCC1NC(=O)CCN(CC2(OC)CCOC2)C1=O. The molecule has 0 radical (unpaired) electrons. The van der Waals surface area contributed by atoms with Crippen LogP contribution in [0.2, 0.25) is 0 Å². The first-order valence-electron chi connectivity index (χ1n) is 6.81. The van der Waals surface area contributed by atoms with Gasteiger partial charge in [-0.25, -0.2) is 0 Å². The number of carbonyl (C=O) groups excluding carboxylic acids is 2. The highest BCUT2D eigenvalue weighted by Crippen LogP contribution is 2.24. The van der Waals surface area contributed by atoms with Gasteiger partial charge in [0.1, 0.15) is 11.6 Å². The summed E-state index contributed by atoms with van der Waals surface area (Å²) in [6.07, 6.45) is 1.74. The number of nitrogens with one attached hydrogen (secondary N) is 1. The van der Waals surface area contributed by atoms with Gasteiger partial charge in [-0.1, -0.05) is 6.92 Å². The molecule has 2 unspecified atom stereocenters. The zero-order valence-corrected chi connectivity index (χ0v) is 11.6. The molecule has 0 aliphatic carbocycles. The maximum atomic E-state index is 12.4. The fraction of sp³-hybridized carbons (Fsp3) is 0.846. The van der Waals surface area contributed by atoms with Crippen LogP contribution in [-0.4, -0.2) is 61.8 Å². The van der Waals surface area contributed by atoms with Crippen molar-refractivity contribution in [2.45, 2.75) is 37.8 Å². The quantitative estimate of drug-likeness (QED) is 0.776. The van der Waals surface area contributed by atoms with Crippen molar-refractivity contribution in [3.05, 3.63) is 0 Å². The second-order valence-electron chi connectivity index (χ2n) is 5.23. The van der Waals surface area contributed by atoms with Crippen molar-refractivity contribution >= 4 is 11.8 Å². The molecule has 2 aliphatic heterocycles. The maximum Gasteiger partial charge on any atom is 0.245 e. The molecule has 2 fully saturated rings. The zero-order chi connectivity index (χ0) is 13.9. The van der Waals surface area contributed by atoms with Crippen molar-refractivity contribution in [3.8, 4) is 0 Å². The third-order valence-electron chi connectivity index (χ3n) is 3.94. The van der Waals surface area contributed by atoms with E-state index in [0.717, 1.165) is 6.42 Å². The molecule has 2 amide bonds. The molecule has 0 aromatic carbocycles. The molecule has 0 spiro atoms. The average Bonchev–Trinajstić information content (AvgIpc) is 2.84. The lowest BCUT2D eigenvalue weighted by Crippen LogP contribution is -2.51. The van der Waals surface area contributed by atoms with Gasteiger partial charge in [0.05, 0.1) is 13.2 Å². The van der Waals surface area contributed by atoms with Gasteiger partial charge in [-0.15, -0.1) is 0 Å². The summed E-state index contributed by atoms with van der Waals surface area (Å²) in [6.45, 7) is 4.01. The van der Waals surface area contributed by atoms with Gasteiger partial charge in [-0.05, 0) is 6.42 Å². The minimum atomic E-state index is -0.415. The molecule has 19 heavy (non-hydrogen) atoms. The molecule has 0 bridgehead atoms. The topological polar surface area (TPSA) is 67.9 Å². The van der Waals surface area contributed by atoms with Gasteiger partial charge in [-0.2, -0.15) is 0 Å². The second-order valence-corrected chi connectivity index (χ2v) is 5.23. The third kappa shape index (κ3) is 3.06. The van der Waals surface area contributed by atoms with Crippen molar-refractivity contribution in [2.24, 2.45) is 0 Å². The summed E-state index contributed by atoms with van der Waals surface area (Å²) in [5, 5.41) is 2.76. The Morgan fingerprint density at radius 1 is 1.53 bits per heavy atom. The average molecular weight is 270 g/mol. The molecule has 0 aromatic heterocycles. The Balaban J connectivity index is 2.09. The standard InChI is InChI=1S/C13H22N2O4/c1-3-10-12(17)15(6-4-11(16)14-10)8-13(18-2)5-7-19-9-13/h10H,3-9H2,1-2H3,(H,14,16). The van der Waals surface area contributed by atoms with Gasteiger partial charge in [0.15, 0.2) is 0 Å². The number of nitrogens with zero attached hydrogens (tertiary/aromatic N) is 1. The van der Waals surface area contributed by atoms with E-state index in [1.165, 1.54) is 0 Å². The highest BCUT2D eigenvalue weighted by atomic mass is 16.5. The summed E-state index contributed by atoms with van der Waals surface area (Å²) in [5.74, 6) is -0.0755. The molecular formula is C13H22N2O4. The van der Waals surface area contributed by atoms with Crippen LogP contribution in [0.5, 0.6) is 0 Å². The summed E-state index contributed by atoms with van der Waals surface area (Å²) in [4.78, 5) is 25.7. The third-order valence-corrected chi connectivity index (χ3v) is 3.94. The van der Waals surface area contributed by atoms with E-state index in [2.05, 4.69) is 5.32 Å². The number of carbonyl (C=O) groups is 2. The number of ether oxygens (including phenoxy) is 2. The van der Waals surface area contributed by atoms with Crippen LogP contribution in [-0.2, 0) is 19.1 Å². The van der Waals surface area contributed by atoms with Gasteiger partial charge in [-0.3, -0.25) is 9.59 Å². The van der Waals surface area contributed by atoms with E-state index >= 15 is 0 Å². The van der Waals surface area contributed by atoms with Crippen LogP contribution < -0.4 is 5.32 Å². The van der Waals surface area contributed by atoms with Crippen molar-refractivity contribution in [3.63, 3.8) is 0 Å². The Morgan fingerprint density at radius 3 is 2.89 bits per heavy atom. The molecule has 2 heterocycles. The number of hydrogen-bond donors (Lipinski definition) is 1. The summed E-state index contributed by atoms with van der Waals surface area (Å²) in [6, 6.07) is -0.411. The van der Waals surface area contributed by atoms with Crippen LogP contribution in [0, 0.1) is 0 Å². The van der Waals surface area contributed by atoms with Gasteiger partial charge in [0, 0.05) is 33.1 Å². The first-order valence-corrected chi connectivity index (χ1v) is 6.81. The van der Waals surface area contributed by atoms with E-state index in [0.29, 0.717) is 39.1 Å². The predicted molar refractivity (Wildman–Crippen MR) is 68.6 cm³/mol. The fourth-order valence-electron chi connectivity index (χ4n) is 2.62. The summed E-state index contributed by atoms with van der Waals surface area (Å²) in [5.41, 5.74) is -0.415. The first-order chi connectivity index (χ1) is 9.10. The monoisotopic (exact) mass is 270 g/mol. The highest BCUT2D eigenvalue weighted by molar-refractivity contribution is 5.89. The number of amides is 2. The van der Waals surface area contributed by atoms with Crippen LogP contribution in [0.4, 0.5) is 0 Å². The lowest BCUT2D eigenvalue weighted by Gasteiger charge is -2.33. The minimum absolute atomic E-state index is 0.0170. The fourth-order valence-corrected chi connectivity index (χ4v) is 2.62. The van der Waals surface area contributed by atoms with E-state index in [1.807, 2.05) is 6.92 Å². The van der Waals surface area contributed by atoms with Gasteiger partial charge in [0.25, 0.3) is 0 Å². The molecule has 0 aromatic rings. The minimum Gasteiger partial charge on any atom is -0.378 e. The Hall–Kier alpha value is -1.14. The number of hydrogen-bond acceptors (Lipinski definition) is 4. The van der Waals surface area contributed by atoms with Crippen LogP contribution in [0.25, 0.3) is 0 Å². The van der Waals surface area contributed by atoms with Crippen molar-refractivity contribution in [2.75, 3.05) is 33.4 Å². The largest absolute Gasteiger partial charge is 0.378 e. The van der Waals surface area contributed by atoms with Crippen LogP contribution >= 0.6 is 0 Å². The van der Waals surface area contributed by atoms with E-state index in [4.69, 9.17) is 9.47 Å². The molecular weight excluding hydrogens is 248 g/mol. The Kier molecular flexibility index (Phi) is 4.42. The molecule has 6 heteroatoms. The summed E-state index contributed by atoms with van der Waals surface area (Å²) in [7, 11) is 1.65. The molecule has 6 nitrogen and oxygen atoms in total. The molecule has 2 saturated heterocycles. The van der Waals surface area contributed by atoms with E-state index < -0.39 is 11.6 Å². The molecule has 108 valence electrons. The van der Waals surface area contributed by atoms with E-state index in [9.17, 15) is 9.59 Å². The van der Waals surface area contributed by atoms with Gasteiger partial charge in [0.2, 0.25) is 11.8 Å². The molecule has 2 rings (SSSR count). The van der Waals surface area contributed by atoms with Gasteiger partial charge >= 0.3 is 0 Å². The van der Waals surface area contributed by atoms with E-state index in [-0.39, 0.29) is 11.8 Å². The second kappa shape index (κ2) is 5.88. The highest BCUT2D eigenvalue weighted by Gasteiger charge is 2.40. The Bertz CT molecular complexity index is 353. The zero-order valence-electron chi connectivity index (χ0n) is 11.6. The summed E-state index contributed by atoms with van der Waals surface area (Å²) < 4.78 is 11.0. The summed E-state index contributed by atoms with van der Waals surface area (Å²) >= 11 is 0. The normalized spacial score (nSPS) is 32.3. The van der Waals surface area contributed by atoms with Crippen molar-refractivity contribution in [1.29, 1.82) is 0 Å². The Morgan fingerprint density at radius 2 is 2.32 bits per heavy atom.